The fourth-order valence-corrected chi connectivity index (χ4v) is 2.33. The third-order valence-corrected chi connectivity index (χ3v) is 3.27. The molecule has 0 fully saturated rings. The monoisotopic (exact) mass is 342 g/mol. The highest BCUT2D eigenvalue weighted by Gasteiger charge is 2.31. The van der Waals surface area contributed by atoms with Gasteiger partial charge in [-0.2, -0.15) is 18.4 Å². The highest BCUT2D eigenvalue weighted by molar-refractivity contribution is 9.10. The molecule has 9 heteroatoms. The lowest BCUT2D eigenvalue weighted by Crippen LogP contribution is -2.16. The normalized spacial score (nSPS) is 11.9. The standard InChI is InChI=1S/C9H6BrF3N2O2S/c10-7-3-6(9(11,12)13)4-8(5-7)15-18(16,17)2-1-14/h3-5,15H,2H2. The highest BCUT2D eigenvalue weighted by atomic mass is 79.9. The number of halogens is 4. The van der Waals surface area contributed by atoms with Crippen LogP contribution in [0.2, 0.25) is 0 Å². The first-order valence-electron chi connectivity index (χ1n) is 4.39. The van der Waals surface area contributed by atoms with Crippen molar-refractivity contribution in [2.45, 2.75) is 6.18 Å². The van der Waals surface area contributed by atoms with Crippen molar-refractivity contribution in [3.8, 4) is 6.07 Å². The van der Waals surface area contributed by atoms with Crippen LogP contribution in [0.25, 0.3) is 0 Å². The van der Waals surface area contributed by atoms with Crippen LogP contribution in [-0.4, -0.2) is 14.2 Å². The number of anilines is 1. The quantitative estimate of drug-likeness (QED) is 0.918. The van der Waals surface area contributed by atoms with E-state index in [0.717, 1.165) is 6.07 Å². The number of hydrogen-bond acceptors (Lipinski definition) is 3. The number of nitrogens with one attached hydrogen (secondary N) is 1. The van der Waals surface area contributed by atoms with Crippen molar-refractivity contribution in [1.82, 2.24) is 0 Å². The molecule has 0 bridgehead atoms. The molecule has 0 spiro atoms. The van der Waals surface area contributed by atoms with E-state index in [1.54, 1.807) is 0 Å². The minimum atomic E-state index is -4.58. The lowest BCUT2D eigenvalue weighted by Gasteiger charge is -2.11. The Morgan fingerprint density at radius 3 is 2.44 bits per heavy atom. The van der Waals surface area contributed by atoms with Gasteiger partial charge in [0, 0.05) is 4.47 Å². The highest BCUT2D eigenvalue weighted by Crippen LogP contribution is 2.33. The van der Waals surface area contributed by atoms with Crippen LogP contribution in [-0.2, 0) is 16.2 Å². The molecule has 0 saturated heterocycles. The maximum Gasteiger partial charge on any atom is 0.416 e. The van der Waals surface area contributed by atoms with Crippen molar-refractivity contribution in [1.29, 1.82) is 5.26 Å². The lowest BCUT2D eigenvalue weighted by molar-refractivity contribution is -0.137. The fourth-order valence-electron chi connectivity index (χ4n) is 1.11. The molecule has 1 aromatic rings. The van der Waals surface area contributed by atoms with Crippen LogP contribution in [0.4, 0.5) is 18.9 Å². The van der Waals surface area contributed by atoms with Crippen LogP contribution in [0.1, 0.15) is 5.56 Å². The molecule has 1 aromatic carbocycles. The first-order valence-corrected chi connectivity index (χ1v) is 6.84. The zero-order valence-corrected chi connectivity index (χ0v) is 11.0. The Labute approximate surface area is 110 Å². The van der Waals surface area contributed by atoms with Gasteiger partial charge in [0.15, 0.2) is 5.75 Å². The van der Waals surface area contributed by atoms with Gasteiger partial charge in [-0.1, -0.05) is 15.9 Å². The largest absolute Gasteiger partial charge is 0.416 e. The van der Waals surface area contributed by atoms with Crippen LogP contribution < -0.4 is 4.72 Å². The first-order chi connectivity index (χ1) is 8.14. The molecule has 0 aliphatic carbocycles. The van der Waals surface area contributed by atoms with Gasteiger partial charge in [-0.05, 0) is 18.2 Å². The summed E-state index contributed by atoms with van der Waals surface area (Å²) in [6.45, 7) is 0. The number of rotatable bonds is 3. The van der Waals surface area contributed by atoms with Crippen LogP contribution in [0.5, 0.6) is 0 Å². The molecule has 0 heterocycles. The van der Waals surface area contributed by atoms with Crippen LogP contribution >= 0.6 is 15.9 Å². The second kappa shape index (κ2) is 5.16. The minimum absolute atomic E-state index is 0.0759. The molecule has 0 saturated carbocycles. The summed E-state index contributed by atoms with van der Waals surface area (Å²) in [7, 11) is -3.96. The van der Waals surface area contributed by atoms with Crippen molar-refractivity contribution in [2.75, 3.05) is 10.5 Å². The van der Waals surface area contributed by atoms with Gasteiger partial charge in [0.1, 0.15) is 0 Å². The molecule has 0 amide bonds. The Hall–Kier alpha value is -1.27. The second-order valence-corrected chi connectivity index (χ2v) is 5.88. The average molecular weight is 343 g/mol. The van der Waals surface area contributed by atoms with E-state index in [2.05, 4.69) is 15.9 Å². The number of nitrogens with zero attached hydrogens (tertiary/aromatic N) is 1. The van der Waals surface area contributed by atoms with Crippen molar-refractivity contribution in [3.05, 3.63) is 28.2 Å². The number of alkyl halides is 3. The molecule has 1 rings (SSSR count). The third kappa shape index (κ3) is 4.19. The van der Waals surface area contributed by atoms with Crippen LogP contribution in [0, 0.1) is 11.3 Å². The smallest absolute Gasteiger partial charge is 0.283 e. The number of nitriles is 1. The zero-order chi connectivity index (χ0) is 14.0. The van der Waals surface area contributed by atoms with Gasteiger partial charge in [-0.3, -0.25) is 4.72 Å². The zero-order valence-electron chi connectivity index (χ0n) is 8.62. The third-order valence-electron chi connectivity index (χ3n) is 1.75. The van der Waals surface area contributed by atoms with Crippen molar-refractivity contribution in [3.63, 3.8) is 0 Å². The number of benzene rings is 1. The van der Waals surface area contributed by atoms with Crippen LogP contribution in [0.15, 0.2) is 22.7 Å². The predicted octanol–water partition coefficient (Wildman–Crippen LogP) is 2.73. The topological polar surface area (TPSA) is 70.0 Å². The summed E-state index contributed by atoms with van der Waals surface area (Å²) in [4.78, 5) is 0. The Balaban J connectivity index is 3.13. The molecule has 0 aliphatic rings. The summed E-state index contributed by atoms with van der Waals surface area (Å²) in [5.41, 5.74) is -1.25. The van der Waals surface area contributed by atoms with E-state index in [0.29, 0.717) is 6.07 Å². The minimum Gasteiger partial charge on any atom is -0.283 e. The number of sulfonamides is 1. The molecule has 0 radical (unpaired) electrons. The predicted molar refractivity (Wildman–Crippen MR) is 62.2 cm³/mol. The maximum atomic E-state index is 12.5. The Bertz CT molecular complexity index is 593. The molecular weight excluding hydrogens is 337 g/mol. The van der Waals surface area contributed by atoms with E-state index < -0.39 is 27.5 Å². The van der Waals surface area contributed by atoms with E-state index >= 15 is 0 Å². The molecule has 4 nitrogen and oxygen atoms in total. The molecule has 1 N–H and O–H groups in total. The van der Waals surface area contributed by atoms with Gasteiger partial charge in [-0.25, -0.2) is 8.42 Å². The molecular formula is C9H6BrF3N2O2S. The molecule has 0 aromatic heterocycles. The Morgan fingerprint density at radius 1 is 1.33 bits per heavy atom. The fraction of sp³-hybridized carbons (Fsp3) is 0.222. The summed E-state index contributed by atoms with van der Waals surface area (Å²) in [5, 5.41) is 8.26. The van der Waals surface area contributed by atoms with Crippen molar-refractivity contribution < 1.29 is 21.6 Å². The lowest BCUT2D eigenvalue weighted by atomic mass is 10.2. The summed E-state index contributed by atoms with van der Waals surface area (Å²) in [5.74, 6) is -0.832. The molecule has 98 valence electrons. The van der Waals surface area contributed by atoms with E-state index in [1.165, 1.54) is 12.1 Å². The molecule has 18 heavy (non-hydrogen) atoms. The van der Waals surface area contributed by atoms with E-state index in [-0.39, 0.29) is 10.2 Å². The summed E-state index contributed by atoms with van der Waals surface area (Å²) < 4.78 is 61.9. The molecule has 0 aliphatic heterocycles. The summed E-state index contributed by atoms with van der Waals surface area (Å²) in [6, 6.07) is 4.05. The average Bonchev–Trinajstić information content (AvgIpc) is 2.13. The van der Waals surface area contributed by atoms with Crippen molar-refractivity contribution in [2.24, 2.45) is 0 Å². The number of hydrogen-bond donors (Lipinski definition) is 1. The molecule has 0 atom stereocenters. The van der Waals surface area contributed by atoms with Gasteiger partial charge in [0.05, 0.1) is 17.3 Å². The van der Waals surface area contributed by atoms with Gasteiger partial charge < -0.3 is 0 Å². The van der Waals surface area contributed by atoms with Crippen molar-refractivity contribution >= 4 is 31.6 Å². The van der Waals surface area contributed by atoms with Gasteiger partial charge in [0.2, 0.25) is 10.0 Å². The maximum absolute atomic E-state index is 12.5. The molecule has 0 unspecified atom stereocenters. The van der Waals surface area contributed by atoms with Crippen LogP contribution in [0.3, 0.4) is 0 Å². The van der Waals surface area contributed by atoms with Gasteiger partial charge >= 0.3 is 6.18 Å². The van der Waals surface area contributed by atoms with Gasteiger partial charge in [-0.15, -0.1) is 0 Å². The first kappa shape index (κ1) is 14.8. The Kier molecular flexibility index (Phi) is 4.24. The van der Waals surface area contributed by atoms with E-state index in [4.69, 9.17) is 5.26 Å². The summed E-state index contributed by atoms with van der Waals surface area (Å²) in [6.07, 6.45) is -4.58. The second-order valence-electron chi connectivity index (χ2n) is 3.25. The van der Waals surface area contributed by atoms with E-state index in [1.807, 2.05) is 4.72 Å². The van der Waals surface area contributed by atoms with Gasteiger partial charge in [0.25, 0.3) is 0 Å². The van der Waals surface area contributed by atoms with E-state index in [9.17, 15) is 21.6 Å². The SMILES string of the molecule is N#CCS(=O)(=O)Nc1cc(Br)cc(C(F)(F)F)c1. The Morgan fingerprint density at radius 2 is 1.94 bits per heavy atom. The summed E-state index contributed by atoms with van der Waals surface area (Å²) >= 11 is 2.85.